The highest BCUT2D eigenvalue weighted by atomic mass is 35.5. The van der Waals surface area contributed by atoms with E-state index < -0.39 is 0 Å². The Morgan fingerprint density at radius 3 is 2.64 bits per heavy atom. The van der Waals surface area contributed by atoms with Gasteiger partial charge < -0.3 is 5.32 Å². The predicted molar refractivity (Wildman–Crippen MR) is 116 cm³/mol. The monoisotopic (exact) mass is 409 g/mol. The van der Waals surface area contributed by atoms with Crippen LogP contribution in [0, 0.1) is 12.8 Å². The number of anilines is 1. The first kappa shape index (κ1) is 18.9. The van der Waals surface area contributed by atoms with Gasteiger partial charge >= 0.3 is 0 Å². The van der Waals surface area contributed by atoms with Crippen LogP contribution in [0.1, 0.15) is 44.9 Å². The van der Waals surface area contributed by atoms with E-state index in [1.54, 1.807) is 12.1 Å². The van der Waals surface area contributed by atoms with Crippen molar-refractivity contribution < 1.29 is 9.59 Å². The third-order valence-electron chi connectivity index (χ3n) is 4.95. The molecule has 0 unspecified atom stereocenters. The Labute approximate surface area is 173 Å². The lowest BCUT2D eigenvalue weighted by molar-refractivity contribution is 0.0974. The fourth-order valence-corrected chi connectivity index (χ4v) is 4.32. The van der Waals surface area contributed by atoms with Crippen LogP contribution < -0.4 is 5.32 Å². The Bertz CT molecular complexity index is 1050. The maximum Gasteiger partial charge on any atom is 0.265 e. The van der Waals surface area contributed by atoms with Crippen LogP contribution in [0.4, 0.5) is 5.69 Å². The maximum atomic E-state index is 12.7. The Kier molecular flexibility index (Phi) is 5.33. The molecule has 1 aromatic heterocycles. The van der Waals surface area contributed by atoms with Gasteiger partial charge in [0.25, 0.3) is 5.91 Å². The number of hydrogen-bond acceptors (Lipinski definition) is 3. The van der Waals surface area contributed by atoms with E-state index in [0.717, 1.165) is 28.8 Å². The third-order valence-corrected chi connectivity index (χ3v) is 6.39. The topological polar surface area (TPSA) is 46.2 Å². The van der Waals surface area contributed by atoms with Crippen LogP contribution >= 0.6 is 22.9 Å². The minimum absolute atomic E-state index is 0.148. The number of halogens is 1. The zero-order valence-corrected chi connectivity index (χ0v) is 17.1. The maximum absolute atomic E-state index is 12.7. The predicted octanol–water partition coefficient (Wildman–Crippen LogP) is 6.61. The summed E-state index contributed by atoms with van der Waals surface area (Å²) >= 11 is 7.66. The molecule has 1 N–H and O–H groups in total. The molecular formula is C23H20ClNO2S. The second-order valence-electron chi connectivity index (χ2n) is 7.20. The van der Waals surface area contributed by atoms with Crippen molar-refractivity contribution in [3.63, 3.8) is 0 Å². The number of thiophene rings is 1. The van der Waals surface area contributed by atoms with E-state index in [-0.39, 0.29) is 11.7 Å². The van der Waals surface area contributed by atoms with E-state index in [0.29, 0.717) is 33.5 Å². The lowest BCUT2D eigenvalue weighted by atomic mass is 10.0. The average Bonchev–Trinajstić information content (AvgIpc) is 3.36. The number of ketones is 1. The Morgan fingerprint density at radius 2 is 1.89 bits per heavy atom. The van der Waals surface area contributed by atoms with Crippen molar-refractivity contribution in [2.24, 2.45) is 5.92 Å². The van der Waals surface area contributed by atoms with E-state index in [1.807, 2.05) is 49.4 Å². The van der Waals surface area contributed by atoms with Gasteiger partial charge in [-0.2, -0.15) is 0 Å². The first-order valence-corrected chi connectivity index (χ1v) is 10.5. The first-order valence-electron chi connectivity index (χ1n) is 9.31. The number of amides is 1. The van der Waals surface area contributed by atoms with E-state index >= 15 is 0 Å². The summed E-state index contributed by atoms with van der Waals surface area (Å²) in [7, 11) is 0. The number of benzene rings is 2. The zero-order chi connectivity index (χ0) is 19.7. The van der Waals surface area contributed by atoms with Gasteiger partial charge in [-0.25, -0.2) is 0 Å². The van der Waals surface area contributed by atoms with E-state index in [1.165, 1.54) is 11.3 Å². The van der Waals surface area contributed by atoms with Gasteiger partial charge in [0.15, 0.2) is 5.78 Å². The van der Waals surface area contributed by atoms with Crippen molar-refractivity contribution in [3.05, 3.63) is 75.6 Å². The molecule has 3 aromatic rings. The van der Waals surface area contributed by atoms with Gasteiger partial charge in [-0.05, 0) is 55.5 Å². The van der Waals surface area contributed by atoms with Gasteiger partial charge in [0.1, 0.15) is 0 Å². The van der Waals surface area contributed by atoms with Crippen molar-refractivity contribution >= 4 is 40.3 Å². The SMILES string of the molecule is Cc1ccc(C(=O)CC2CC2)cc1NC(=O)c1ccc(-c2ccccc2Cl)s1. The average molecular weight is 410 g/mol. The molecule has 142 valence electrons. The van der Waals surface area contributed by atoms with Gasteiger partial charge in [0.2, 0.25) is 0 Å². The standard InChI is InChI=1S/C23H20ClNO2S/c1-14-6-9-16(20(26)12-15-7-8-15)13-19(14)25-23(27)22-11-10-21(28-22)17-4-2-3-5-18(17)24/h2-6,9-11,13,15H,7-8,12H2,1H3,(H,25,27). The number of hydrogen-bond donors (Lipinski definition) is 1. The van der Waals surface area contributed by atoms with Crippen molar-refractivity contribution in [2.45, 2.75) is 26.2 Å². The van der Waals surface area contributed by atoms with Crippen LogP contribution in [0.5, 0.6) is 0 Å². The summed E-state index contributed by atoms with van der Waals surface area (Å²) in [5.41, 5.74) is 3.19. The molecule has 1 saturated carbocycles. The molecule has 3 nitrogen and oxygen atoms in total. The Balaban J connectivity index is 1.52. The molecule has 0 aliphatic heterocycles. The molecule has 4 rings (SSSR count). The highest BCUT2D eigenvalue weighted by molar-refractivity contribution is 7.17. The van der Waals surface area contributed by atoms with E-state index in [9.17, 15) is 9.59 Å². The fraction of sp³-hybridized carbons (Fsp3) is 0.217. The van der Waals surface area contributed by atoms with Crippen LogP contribution in [0.2, 0.25) is 5.02 Å². The van der Waals surface area contributed by atoms with Gasteiger partial charge in [-0.1, -0.05) is 41.9 Å². The molecule has 0 bridgehead atoms. The van der Waals surface area contributed by atoms with Crippen LogP contribution in [0.25, 0.3) is 10.4 Å². The molecule has 0 radical (unpaired) electrons. The summed E-state index contributed by atoms with van der Waals surface area (Å²) in [5, 5.41) is 3.62. The normalized spacial score (nSPS) is 13.4. The van der Waals surface area contributed by atoms with Crippen molar-refractivity contribution in [3.8, 4) is 10.4 Å². The number of aryl methyl sites for hydroxylation is 1. The molecular weight excluding hydrogens is 390 g/mol. The quantitative estimate of drug-likeness (QED) is 0.465. The van der Waals surface area contributed by atoms with Gasteiger partial charge in [0, 0.05) is 33.1 Å². The highest BCUT2D eigenvalue weighted by Crippen LogP contribution is 2.35. The molecule has 2 aromatic carbocycles. The van der Waals surface area contributed by atoms with Gasteiger partial charge in [0.05, 0.1) is 4.88 Å². The minimum Gasteiger partial charge on any atom is -0.321 e. The number of rotatable bonds is 6. The van der Waals surface area contributed by atoms with Crippen molar-refractivity contribution in [1.82, 2.24) is 0 Å². The first-order chi connectivity index (χ1) is 13.5. The Morgan fingerprint density at radius 1 is 1.11 bits per heavy atom. The molecule has 1 aliphatic rings. The molecule has 1 fully saturated rings. The van der Waals surface area contributed by atoms with Crippen molar-refractivity contribution in [1.29, 1.82) is 0 Å². The van der Waals surface area contributed by atoms with Crippen LogP contribution in [0.15, 0.2) is 54.6 Å². The highest BCUT2D eigenvalue weighted by Gasteiger charge is 2.25. The summed E-state index contributed by atoms with van der Waals surface area (Å²) < 4.78 is 0. The molecule has 0 saturated heterocycles. The molecule has 1 amide bonds. The Hall–Kier alpha value is -2.43. The molecule has 5 heteroatoms. The minimum atomic E-state index is -0.182. The summed E-state index contributed by atoms with van der Waals surface area (Å²) in [6, 6.07) is 16.8. The molecule has 1 aliphatic carbocycles. The molecule has 1 heterocycles. The number of nitrogens with one attached hydrogen (secondary N) is 1. The van der Waals surface area contributed by atoms with Crippen molar-refractivity contribution in [2.75, 3.05) is 5.32 Å². The second kappa shape index (κ2) is 7.90. The summed E-state index contributed by atoms with van der Waals surface area (Å²) in [6.45, 7) is 1.92. The number of carbonyl (C=O) groups is 2. The lowest BCUT2D eigenvalue weighted by Crippen LogP contribution is -2.12. The summed E-state index contributed by atoms with van der Waals surface area (Å²) in [4.78, 5) is 26.7. The van der Waals surface area contributed by atoms with Gasteiger partial charge in [-0.3, -0.25) is 9.59 Å². The molecule has 0 spiro atoms. The summed E-state index contributed by atoms with van der Waals surface area (Å²) in [6.07, 6.45) is 2.89. The largest absolute Gasteiger partial charge is 0.321 e. The molecule has 28 heavy (non-hydrogen) atoms. The third kappa shape index (κ3) is 4.18. The van der Waals surface area contributed by atoms with Crippen LogP contribution in [-0.4, -0.2) is 11.7 Å². The number of carbonyl (C=O) groups excluding carboxylic acids is 2. The smallest absolute Gasteiger partial charge is 0.265 e. The van der Waals surface area contributed by atoms with E-state index in [4.69, 9.17) is 11.6 Å². The second-order valence-corrected chi connectivity index (χ2v) is 8.69. The summed E-state index contributed by atoms with van der Waals surface area (Å²) in [5.74, 6) is 0.509. The fourth-order valence-electron chi connectivity index (χ4n) is 3.08. The lowest BCUT2D eigenvalue weighted by Gasteiger charge is -2.10. The molecule has 0 atom stereocenters. The van der Waals surface area contributed by atoms with Crippen LogP contribution in [-0.2, 0) is 0 Å². The van der Waals surface area contributed by atoms with Crippen LogP contribution in [0.3, 0.4) is 0 Å². The van der Waals surface area contributed by atoms with Gasteiger partial charge in [-0.15, -0.1) is 11.3 Å². The van der Waals surface area contributed by atoms with E-state index in [2.05, 4.69) is 5.32 Å². The zero-order valence-electron chi connectivity index (χ0n) is 15.5. The number of Topliss-reactive ketones (excluding diaryl/α,β-unsaturated/α-hetero) is 1.